The fraction of sp³-hybridized carbons (Fsp3) is 0.636. The first-order valence-electron chi connectivity index (χ1n) is 10.9. The number of carbonyl (C=O) groups is 2. The highest BCUT2D eigenvalue weighted by atomic mass is 35.5. The molecule has 0 spiro atoms. The number of hydrogen-bond donors (Lipinski definition) is 2. The third kappa shape index (κ3) is 6.48. The number of nitrogen functional groups attached to an aromatic ring is 1. The Morgan fingerprint density at radius 1 is 1.25 bits per heavy atom. The lowest BCUT2D eigenvalue weighted by Crippen LogP contribution is -2.50. The number of nitrogens with two attached hydrogens (primary N) is 1. The molecule has 2 aliphatic rings. The smallest absolute Gasteiger partial charge is 0.255 e. The van der Waals surface area contributed by atoms with Crippen molar-refractivity contribution in [3.63, 3.8) is 0 Å². The summed E-state index contributed by atoms with van der Waals surface area (Å²) >= 11 is 6.07. The number of methoxy groups -OCH3 is 2. The van der Waals surface area contributed by atoms with Gasteiger partial charge in [0.2, 0.25) is 5.91 Å². The van der Waals surface area contributed by atoms with Gasteiger partial charge in [0.25, 0.3) is 5.91 Å². The monoisotopic (exact) mass is 468 g/mol. The minimum atomic E-state index is -0.280. The van der Waals surface area contributed by atoms with Gasteiger partial charge >= 0.3 is 0 Å². The van der Waals surface area contributed by atoms with Gasteiger partial charge in [0.1, 0.15) is 12.4 Å². The molecule has 1 aromatic rings. The maximum absolute atomic E-state index is 12.7. The Kier molecular flexibility index (Phi) is 8.98. The summed E-state index contributed by atoms with van der Waals surface area (Å²) in [6, 6.07) is 3.06. The number of morpholine rings is 1. The summed E-state index contributed by atoms with van der Waals surface area (Å²) in [7, 11) is 3.03. The number of piperidine rings is 1. The number of nitrogens with zero attached hydrogens (tertiary/aromatic N) is 2. The molecule has 2 saturated heterocycles. The van der Waals surface area contributed by atoms with Crippen LogP contribution in [0.25, 0.3) is 0 Å². The van der Waals surface area contributed by atoms with E-state index in [-0.39, 0.29) is 24.5 Å². The number of amides is 2. The molecule has 3 rings (SSSR count). The number of likely N-dealkylation sites (tertiary alicyclic amines) is 1. The topological polar surface area (TPSA) is 106 Å². The molecule has 1 aromatic carbocycles. The van der Waals surface area contributed by atoms with Crippen LogP contribution in [0.4, 0.5) is 5.69 Å². The van der Waals surface area contributed by atoms with Crippen LogP contribution >= 0.6 is 11.6 Å². The van der Waals surface area contributed by atoms with E-state index in [1.54, 1.807) is 13.2 Å². The molecule has 2 fully saturated rings. The maximum Gasteiger partial charge on any atom is 0.255 e. The van der Waals surface area contributed by atoms with Crippen molar-refractivity contribution in [1.82, 2.24) is 15.1 Å². The van der Waals surface area contributed by atoms with Crippen LogP contribution in [0.3, 0.4) is 0 Å². The van der Waals surface area contributed by atoms with Crippen molar-refractivity contribution < 1.29 is 23.8 Å². The molecule has 0 saturated carbocycles. The van der Waals surface area contributed by atoms with Crippen molar-refractivity contribution in [2.45, 2.75) is 18.9 Å². The van der Waals surface area contributed by atoms with E-state index in [4.69, 9.17) is 31.5 Å². The van der Waals surface area contributed by atoms with Gasteiger partial charge in [0.15, 0.2) is 0 Å². The average Bonchev–Trinajstić information content (AvgIpc) is 2.80. The van der Waals surface area contributed by atoms with Crippen LogP contribution in [0.1, 0.15) is 23.2 Å². The molecule has 0 radical (unpaired) electrons. The standard InChI is InChI=1S/C22H33ClN4O5/c1-30-14-21(28)27-5-3-15(4-6-27)12-26-7-8-32-16(13-26)11-25-22(29)17-9-18(23)19(24)10-20(17)31-2/h9-10,15-16H,3-8,11-14,24H2,1-2H3,(H,25,29). The normalized spacial score (nSPS) is 20.2. The van der Waals surface area contributed by atoms with E-state index in [0.29, 0.717) is 41.1 Å². The summed E-state index contributed by atoms with van der Waals surface area (Å²) in [5.74, 6) is 0.715. The Labute approximate surface area is 194 Å². The predicted octanol–water partition coefficient (Wildman–Crippen LogP) is 1.25. The minimum Gasteiger partial charge on any atom is -0.496 e. The molecule has 2 aliphatic heterocycles. The second-order valence-electron chi connectivity index (χ2n) is 8.29. The van der Waals surface area contributed by atoms with Crippen molar-refractivity contribution in [2.75, 3.05) is 72.4 Å². The van der Waals surface area contributed by atoms with Gasteiger partial charge in [-0.15, -0.1) is 0 Å². The number of ether oxygens (including phenoxy) is 3. The van der Waals surface area contributed by atoms with Crippen LogP contribution in [0.5, 0.6) is 5.75 Å². The zero-order valence-corrected chi connectivity index (χ0v) is 19.5. The molecule has 2 heterocycles. The molecule has 0 aliphatic carbocycles. The summed E-state index contributed by atoms with van der Waals surface area (Å²) in [6.07, 6.45) is 1.89. The first kappa shape index (κ1) is 24.6. The van der Waals surface area contributed by atoms with Crippen molar-refractivity contribution in [1.29, 1.82) is 0 Å². The van der Waals surface area contributed by atoms with Crippen LogP contribution in [-0.4, -0.2) is 94.4 Å². The molecule has 9 nitrogen and oxygen atoms in total. The van der Waals surface area contributed by atoms with Crippen LogP contribution in [-0.2, 0) is 14.3 Å². The number of rotatable bonds is 8. The molecule has 178 valence electrons. The summed E-state index contributed by atoms with van der Waals surface area (Å²) in [5.41, 5.74) is 6.49. The van der Waals surface area contributed by atoms with E-state index in [9.17, 15) is 9.59 Å². The first-order chi connectivity index (χ1) is 15.4. The highest BCUT2D eigenvalue weighted by Gasteiger charge is 2.27. The second-order valence-corrected chi connectivity index (χ2v) is 8.70. The third-order valence-corrected chi connectivity index (χ3v) is 6.36. The zero-order valence-electron chi connectivity index (χ0n) is 18.8. The average molecular weight is 469 g/mol. The van der Waals surface area contributed by atoms with Crippen LogP contribution in [0, 0.1) is 5.92 Å². The van der Waals surface area contributed by atoms with E-state index >= 15 is 0 Å². The Balaban J connectivity index is 1.45. The summed E-state index contributed by atoms with van der Waals surface area (Å²) in [6.45, 7) is 5.33. The molecule has 3 N–H and O–H groups in total. The predicted molar refractivity (Wildman–Crippen MR) is 122 cm³/mol. The zero-order chi connectivity index (χ0) is 23.1. The van der Waals surface area contributed by atoms with Gasteiger partial charge in [-0.25, -0.2) is 0 Å². The number of benzene rings is 1. The molecular weight excluding hydrogens is 436 g/mol. The second kappa shape index (κ2) is 11.7. The Morgan fingerprint density at radius 3 is 2.69 bits per heavy atom. The lowest BCUT2D eigenvalue weighted by molar-refractivity contribution is -0.136. The van der Waals surface area contributed by atoms with E-state index in [0.717, 1.165) is 45.6 Å². The third-order valence-electron chi connectivity index (χ3n) is 6.03. The van der Waals surface area contributed by atoms with Crippen molar-refractivity contribution >= 4 is 29.1 Å². The van der Waals surface area contributed by atoms with Crippen LogP contribution < -0.4 is 15.8 Å². The molecule has 2 amide bonds. The molecule has 32 heavy (non-hydrogen) atoms. The van der Waals surface area contributed by atoms with Crippen molar-refractivity contribution in [3.8, 4) is 5.75 Å². The molecule has 1 unspecified atom stereocenters. The SMILES string of the molecule is COCC(=O)N1CCC(CN2CCOC(CNC(=O)c3cc(Cl)c(N)cc3OC)C2)CC1. The van der Waals surface area contributed by atoms with Gasteiger partial charge in [-0.2, -0.15) is 0 Å². The largest absolute Gasteiger partial charge is 0.496 e. The maximum atomic E-state index is 12.7. The number of anilines is 1. The quantitative estimate of drug-likeness (QED) is 0.553. The van der Waals surface area contributed by atoms with Gasteiger partial charge in [0, 0.05) is 52.4 Å². The number of carbonyl (C=O) groups excluding carboxylic acids is 2. The Bertz CT molecular complexity index is 801. The Hall–Kier alpha value is -2.07. The molecule has 0 bridgehead atoms. The van der Waals surface area contributed by atoms with Gasteiger partial charge in [-0.3, -0.25) is 14.5 Å². The number of halogens is 1. The first-order valence-corrected chi connectivity index (χ1v) is 11.3. The molecule has 0 aromatic heterocycles. The summed E-state index contributed by atoms with van der Waals surface area (Å²) in [5, 5.41) is 3.23. The lowest BCUT2D eigenvalue weighted by atomic mass is 9.95. The van der Waals surface area contributed by atoms with Gasteiger partial charge in [0.05, 0.1) is 36.1 Å². The van der Waals surface area contributed by atoms with Crippen molar-refractivity contribution in [2.24, 2.45) is 5.92 Å². The van der Waals surface area contributed by atoms with E-state index < -0.39 is 0 Å². The number of hydrogen-bond acceptors (Lipinski definition) is 7. The fourth-order valence-electron chi connectivity index (χ4n) is 4.23. The fourth-order valence-corrected chi connectivity index (χ4v) is 4.40. The van der Waals surface area contributed by atoms with Crippen molar-refractivity contribution in [3.05, 3.63) is 22.7 Å². The molecule has 10 heteroatoms. The summed E-state index contributed by atoms with van der Waals surface area (Å²) < 4.78 is 16.1. The van der Waals surface area contributed by atoms with Crippen LogP contribution in [0.2, 0.25) is 5.02 Å². The van der Waals surface area contributed by atoms with E-state index in [1.807, 2.05) is 4.90 Å². The highest BCUT2D eigenvalue weighted by Crippen LogP contribution is 2.28. The lowest BCUT2D eigenvalue weighted by Gasteiger charge is -2.38. The van der Waals surface area contributed by atoms with E-state index in [1.165, 1.54) is 13.2 Å². The van der Waals surface area contributed by atoms with Gasteiger partial charge in [-0.05, 0) is 24.8 Å². The van der Waals surface area contributed by atoms with Gasteiger partial charge in [-0.1, -0.05) is 11.6 Å². The Morgan fingerprint density at radius 2 is 2.00 bits per heavy atom. The van der Waals surface area contributed by atoms with Crippen LogP contribution in [0.15, 0.2) is 12.1 Å². The van der Waals surface area contributed by atoms with Gasteiger partial charge < -0.3 is 30.2 Å². The number of nitrogens with one attached hydrogen (secondary N) is 1. The minimum absolute atomic E-state index is 0.0622. The molecular formula is C22H33ClN4O5. The van der Waals surface area contributed by atoms with E-state index in [2.05, 4.69) is 10.2 Å². The molecule has 1 atom stereocenters. The summed E-state index contributed by atoms with van der Waals surface area (Å²) in [4.78, 5) is 28.9. The highest BCUT2D eigenvalue weighted by molar-refractivity contribution is 6.33.